The van der Waals surface area contributed by atoms with E-state index < -0.39 is 15.8 Å². The summed E-state index contributed by atoms with van der Waals surface area (Å²) < 4.78 is 39.9. The molecule has 0 spiro atoms. The van der Waals surface area contributed by atoms with Crippen molar-refractivity contribution in [2.45, 2.75) is 13.5 Å². The van der Waals surface area contributed by atoms with Crippen LogP contribution >= 0.6 is 0 Å². The molecule has 6 rings (SSSR count). The van der Waals surface area contributed by atoms with Gasteiger partial charge in [0.05, 0.1) is 22.9 Å². The lowest BCUT2D eigenvalue weighted by Gasteiger charge is -2.07. The third-order valence-corrected chi connectivity index (χ3v) is 6.84. The highest BCUT2D eigenvalue weighted by Crippen LogP contribution is 2.32. The molecule has 0 saturated heterocycles. The third-order valence-electron chi connectivity index (χ3n) is 6.17. The van der Waals surface area contributed by atoms with Crippen LogP contribution in [0.25, 0.3) is 56.0 Å². The summed E-state index contributed by atoms with van der Waals surface area (Å²) >= 11 is 0. The topological polar surface area (TPSA) is 142 Å². The van der Waals surface area contributed by atoms with Gasteiger partial charge in [0, 0.05) is 48.0 Å². The molecule has 1 aromatic carbocycles. The number of benzene rings is 1. The minimum Gasteiger partial charge on any atom is -0.337 e. The van der Waals surface area contributed by atoms with Gasteiger partial charge < -0.3 is 4.98 Å². The lowest BCUT2D eigenvalue weighted by molar-refractivity contribution is 0.586. The van der Waals surface area contributed by atoms with Crippen LogP contribution in [0.4, 0.5) is 4.39 Å². The summed E-state index contributed by atoms with van der Waals surface area (Å²) in [5.74, 6) is 0.0141. The van der Waals surface area contributed by atoms with Gasteiger partial charge in [-0.15, -0.1) is 0 Å². The van der Waals surface area contributed by atoms with Crippen molar-refractivity contribution in [2.24, 2.45) is 0 Å². The van der Waals surface area contributed by atoms with E-state index in [4.69, 9.17) is 4.98 Å². The van der Waals surface area contributed by atoms with Crippen LogP contribution in [-0.2, 0) is 16.6 Å². The summed E-state index contributed by atoms with van der Waals surface area (Å²) in [6.45, 7) is 1.97. The number of aryl methyl sites for hydroxylation is 1. The smallest absolute Gasteiger partial charge is 0.209 e. The quantitative estimate of drug-likeness (QED) is 0.295. The van der Waals surface area contributed by atoms with E-state index in [1.807, 2.05) is 19.1 Å². The molecule has 0 unspecified atom stereocenters. The minimum absolute atomic E-state index is 0.0444. The number of H-pyrrole nitrogens is 2. The second kappa shape index (κ2) is 9.08. The highest BCUT2D eigenvalue weighted by molar-refractivity contribution is 7.88. The van der Waals surface area contributed by atoms with Crippen LogP contribution in [0.1, 0.15) is 11.1 Å². The Morgan fingerprint density at radius 2 is 1.89 bits per heavy atom. The van der Waals surface area contributed by atoms with Crippen molar-refractivity contribution in [3.05, 3.63) is 78.1 Å². The fourth-order valence-corrected chi connectivity index (χ4v) is 4.79. The number of fused-ring (bicyclic) bond motifs is 2. The van der Waals surface area contributed by atoms with Gasteiger partial charge in [0.25, 0.3) is 0 Å². The first kappa shape index (κ1) is 23.8. The number of hydrogen-bond donors (Lipinski definition) is 3. The standard InChI is InChI=1S/C26H21FN8O2S/c1-14-3-5-28-13-20(14)17-10-19-23(34-35-25(19)30-12-17)26-32-21-4-6-29-22(24(21)33-26)16-7-15(8-18(27)9-16)11-31-38(2,36)37/h3-10,12-13,31H,11H2,1-2H3,(H,32,33)(H,30,34,35). The SMILES string of the molecule is Cc1ccncc1-c1cnc2n[nH]c(-c3nc4c(-c5cc(F)cc(CNS(C)(=O)=O)c5)nccc4[nH]3)c2c1. The molecule has 12 heteroatoms. The molecule has 0 aliphatic rings. The monoisotopic (exact) mass is 528 g/mol. The average molecular weight is 529 g/mol. The molecule has 0 bridgehead atoms. The molecule has 0 radical (unpaired) electrons. The van der Waals surface area contributed by atoms with E-state index in [0.29, 0.717) is 45.0 Å². The molecule has 38 heavy (non-hydrogen) atoms. The van der Waals surface area contributed by atoms with Crippen molar-refractivity contribution in [3.8, 4) is 33.9 Å². The van der Waals surface area contributed by atoms with Crippen molar-refractivity contribution in [1.29, 1.82) is 0 Å². The van der Waals surface area contributed by atoms with Gasteiger partial charge in [-0.05, 0) is 54.4 Å². The molecule has 10 nitrogen and oxygen atoms in total. The lowest BCUT2D eigenvalue weighted by Crippen LogP contribution is -2.21. The molecule has 0 aliphatic heterocycles. The highest BCUT2D eigenvalue weighted by atomic mass is 32.2. The van der Waals surface area contributed by atoms with Gasteiger partial charge >= 0.3 is 0 Å². The normalized spacial score (nSPS) is 12.0. The first-order chi connectivity index (χ1) is 18.2. The van der Waals surface area contributed by atoms with Crippen LogP contribution in [0.15, 0.2) is 61.2 Å². The summed E-state index contributed by atoms with van der Waals surface area (Å²) in [4.78, 5) is 21.3. The Labute approximate surface area is 216 Å². The first-order valence-corrected chi connectivity index (χ1v) is 13.5. The molecule has 0 aliphatic carbocycles. The van der Waals surface area contributed by atoms with Gasteiger partial charge in [0.15, 0.2) is 11.5 Å². The summed E-state index contributed by atoms with van der Waals surface area (Å²) in [7, 11) is -3.43. The Balaban J connectivity index is 1.44. The second-order valence-electron chi connectivity index (χ2n) is 8.97. The molecular formula is C26H21FN8O2S. The van der Waals surface area contributed by atoms with Crippen molar-refractivity contribution in [2.75, 3.05) is 6.26 Å². The maximum atomic E-state index is 14.5. The summed E-state index contributed by atoms with van der Waals surface area (Å²) in [5, 5.41) is 8.14. The maximum absolute atomic E-state index is 14.5. The maximum Gasteiger partial charge on any atom is 0.209 e. The van der Waals surface area contributed by atoms with E-state index in [1.54, 1.807) is 36.9 Å². The van der Waals surface area contributed by atoms with E-state index in [-0.39, 0.29) is 6.54 Å². The summed E-state index contributed by atoms with van der Waals surface area (Å²) in [6.07, 6.45) is 7.97. The average Bonchev–Trinajstić information content (AvgIpc) is 3.50. The second-order valence-corrected chi connectivity index (χ2v) is 10.8. The highest BCUT2D eigenvalue weighted by Gasteiger charge is 2.18. The first-order valence-electron chi connectivity index (χ1n) is 11.6. The number of nitrogens with one attached hydrogen (secondary N) is 3. The van der Waals surface area contributed by atoms with Crippen LogP contribution in [-0.4, -0.2) is 49.8 Å². The Kier molecular flexibility index (Phi) is 5.69. The predicted molar refractivity (Wildman–Crippen MR) is 142 cm³/mol. The van der Waals surface area contributed by atoms with Gasteiger partial charge in [0.1, 0.15) is 17.0 Å². The molecule has 5 heterocycles. The Morgan fingerprint density at radius 3 is 2.71 bits per heavy atom. The van der Waals surface area contributed by atoms with Crippen LogP contribution in [0.5, 0.6) is 0 Å². The number of imidazole rings is 1. The zero-order valence-corrected chi connectivity index (χ0v) is 21.1. The minimum atomic E-state index is -3.43. The Morgan fingerprint density at radius 1 is 1.03 bits per heavy atom. The van der Waals surface area contributed by atoms with Crippen molar-refractivity contribution in [1.82, 2.24) is 39.8 Å². The van der Waals surface area contributed by atoms with Gasteiger partial charge in [-0.1, -0.05) is 0 Å². The Hall–Kier alpha value is -4.55. The molecule has 0 fully saturated rings. The number of halogens is 1. The molecule has 3 N–H and O–H groups in total. The van der Waals surface area contributed by atoms with E-state index in [9.17, 15) is 12.8 Å². The van der Waals surface area contributed by atoms with E-state index in [0.717, 1.165) is 28.3 Å². The number of rotatable bonds is 6. The zero-order valence-electron chi connectivity index (χ0n) is 20.3. The van der Waals surface area contributed by atoms with Crippen LogP contribution < -0.4 is 4.72 Å². The molecular weight excluding hydrogens is 507 g/mol. The van der Waals surface area contributed by atoms with Crippen LogP contribution in [0.3, 0.4) is 0 Å². The van der Waals surface area contributed by atoms with E-state index in [1.165, 1.54) is 12.1 Å². The fraction of sp³-hybridized carbons (Fsp3) is 0.115. The fourth-order valence-electron chi connectivity index (χ4n) is 4.36. The van der Waals surface area contributed by atoms with E-state index >= 15 is 0 Å². The summed E-state index contributed by atoms with van der Waals surface area (Å²) in [6, 6.07) is 10.0. The molecule has 0 saturated carbocycles. The van der Waals surface area contributed by atoms with Gasteiger partial charge in [-0.3, -0.25) is 15.1 Å². The lowest BCUT2D eigenvalue weighted by atomic mass is 10.0. The van der Waals surface area contributed by atoms with Crippen molar-refractivity contribution in [3.63, 3.8) is 0 Å². The third kappa shape index (κ3) is 4.51. The molecule has 0 atom stereocenters. The van der Waals surface area contributed by atoms with E-state index in [2.05, 4.69) is 34.9 Å². The largest absolute Gasteiger partial charge is 0.337 e. The number of nitrogens with zero attached hydrogens (tertiary/aromatic N) is 5. The van der Waals surface area contributed by atoms with Gasteiger partial charge in [-0.25, -0.2) is 27.5 Å². The van der Waals surface area contributed by atoms with Gasteiger partial charge in [-0.2, -0.15) is 5.10 Å². The number of sulfonamides is 1. The predicted octanol–water partition coefficient (Wildman–Crippen LogP) is 4.12. The van der Waals surface area contributed by atoms with Gasteiger partial charge in [0.2, 0.25) is 10.0 Å². The van der Waals surface area contributed by atoms with Crippen LogP contribution in [0, 0.1) is 12.7 Å². The summed E-state index contributed by atoms with van der Waals surface area (Å²) in [5.41, 5.74) is 6.76. The number of hydrogen-bond acceptors (Lipinski definition) is 7. The van der Waals surface area contributed by atoms with Crippen molar-refractivity contribution < 1.29 is 12.8 Å². The molecule has 190 valence electrons. The van der Waals surface area contributed by atoms with Crippen LogP contribution in [0.2, 0.25) is 0 Å². The number of aromatic nitrogens is 7. The number of pyridine rings is 3. The zero-order chi connectivity index (χ0) is 26.4. The number of aromatic amines is 2. The molecule has 6 aromatic rings. The molecule has 5 aromatic heterocycles. The Bertz CT molecular complexity index is 1950. The van der Waals surface area contributed by atoms with Crippen molar-refractivity contribution >= 4 is 32.1 Å². The molecule has 0 amide bonds.